The molecule has 3 nitrogen and oxygen atoms in total. The molecule has 1 aromatic carbocycles. The molecule has 0 bridgehead atoms. The summed E-state index contributed by atoms with van der Waals surface area (Å²) in [5, 5.41) is 3.40. The Balaban J connectivity index is 2.05. The first-order valence-electron chi connectivity index (χ1n) is 6.32. The van der Waals surface area contributed by atoms with Gasteiger partial charge in [-0.25, -0.2) is 0 Å². The SMILES string of the molecule is CCOc1cncc(-c2cccc3c2CCN3)c1. The fraction of sp³-hybridized carbons (Fsp3) is 0.267. The van der Waals surface area contributed by atoms with Crippen LogP contribution in [-0.4, -0.2) is 18.1 Å². The molecule has 2 heterocycles. The van der Waals surface area contributed by atoms with Crippen LogP contribution in [0.4, 0.5) is 5.69 Å². The molecule has 0 saturated heterocycles. The molecule has 0 unspecified atom stereocenters. The molecule has 0 radical (unpaired) electrons. The van der Waals surface area contributed by atoms with Gasteiger partial charge in [0.2, 0.25) is 0 Å². The predicted molar refractivity (Wildman–Crippen MR) is 73.0 cm³/mol. The Morgan fingerprint density at radius 3 is 3.17 bits per heavy atom. The van der Waals surface area contributed by atoms with Gasteiger partial charge in [0.1, 0.15) is 5.75 Å². The van der Waals surface area contributed by atoms with Gasteiger partial charge in [-0.2, -0.15) is 0 Å². The van der Waals surface area contributed by atoms with Gasteiger partial charge in [0.05, 0.1) is 12.8 Å². The third kappa shape index (κ3) is 1.92. The molecule has 2 aromatic rings. The molecule has 1 aliphatic heterocycles. The van der Waals surface area contributed by atoms with Crippen LogP contribution in [0.5, 0.6) is 5.75 Å². The average Bonchev–Trinajstić information content (AvgIpc) is 2.87. The van der Waals surface area contributed by atoms with E-state index in [1.165, 1.54) is 16.8 Å². The number of anilines is 1. The lowest BCUT2D eigenvalue weighted by atomic mass is 9.99. The van der Waals surface area contributed by atoms with E-state index in [4.69, 9.17) is 4.74 Å². The number of pyridine rings is 1. The van der Waals surface area contributed by atoms with Crippen LogP contribution in [0.1, 0.15) is 12.5 Å². The zero-order valence-corrected chi connectivity index (χ0v) is 10.4. The van der Waals surface area contributed by atoms with Gasteiger partial charge in [0.15, 0.2) is 0 Å². The van der Waals surface area contributed by atoms with Crippen LogP contribution in [0.15, 0.2) is 36.7 Å². The molecule has 0 saturated carbocycles. The first-order valence-corrected chi connectivity index (χ1v) is 6.32. The third-order valence-corrected chi connectivity index (χ3v) is 3.20. The van der Waals surface area contributed by atoms with Gasteiger partial charge in [-0.15, -0.1) is 0 Å². The summed E-state index contributed by atoms with van der Waals surface area (Å²) in [5.41, 5.74) is 5.01. The molecule has 0 aliphatic carbocycles. The van der Waals surface area contributed by atoms with Crippen LogP contribution in [0.25, 0.3) is 11.1 Å². The lowest BCUT2D eigenvalue weighted by molar-refractivity contribution is 0.339. The molecular weight excluding hydrogens is 224 g/mol. The van der Waals surface area contributed by atoms with E-state index >= 15 is 0 Å². The highest BCUT2D eigenvalue weighted by atomic mass is 16.5. The standard InChI is InChI=1S/C15H16N2O/c1-2-18-12-8-11(9-16-10-12)13-4-3-5-15-14(13)6-7-17-15/h3-5,8-10,17H,2,6-7H2,1H3. The van der Waals surface area contributed by atoms with Crippen LogP contribution in [0.2, 0.25) is 0 Å². The molecule has 18 heavy (non-hydrogen) atoms. The first-order chi connectivity index (χ1) is 8.88. The van der Waals surface area contributed by atoms with Gasteiger partial charge in [0.25, 0.3) is 0 Å². The highest BCUT2D eigenvalue weighted by molar-refractivity contribution is 5.75. The number of hydrogen-bond acceptors (Lipinski definition) is 3. The van der Waals surface area contributed by atoms with Gasteiger partial charge in [-0.3, -0.25) is 4.98 Å². The number of hydrogen-bond donors (Lipinski definition) is 1. The maximum absolute atomic E-state index is 5.51. The minimum absolute atomic E-state index is 0.666. The van der Waals surface area contributed by atoms with Crippen molar-refractivity contribution in [2.24, 2.45) is 0 Å². The van der Waals surface area contributed by atoms with Crippen molar-refractivity contribution in [1.82, 2.24) is 4.98 Å². The Morgan fingerprint density at radius 1 is 1.33 bits per heavy atom. The van der Waals surface area contributed by atoms with Crippen LogP contribution in [-0.2, 0) is 6.42 Å². The van der Waals surface area contributed by atoms with Crippen LogP contribution in [0, 0.1) is 0 Å². The summed E-state index contributed by atoms with van der Waals surface area (Å²) in [6.45, 7) is 3.67. The maximum Gasteiger partial charge on any atom is 0.138 e. The summed E-state index contributed by atoms with van der Waals surface area (Å²) >= 11 is 0. The number of benzene rings is 1. The molecule has 0 amide bonds. The number of nitrogens with zero attached hydrogens (tertiary/aromatic N) is 1. The quantitative estimate of drug-likeness (QED) is 0.895. The fourth-order valence-electron chi connectivity index (χ4n) is 2.43. The van der Waals surface area contributed by atoms with Gasteiger partial charge >= 0.3 is 0 Å². The van der Waals surface area contributed by atoms with Gasteiger partial charge < -0.3 is 10.1 Å². The Kier molecular flexibility index (Phi) is 2.89. The monoisotopic (exact) mass is 240 g/mol. The van der Waals surface area contributed by atoms with Crippen LogP contribution < -0.4 is 10.1 Å². The van der Waals surface area contributed by atoms with E-state index < -0.39 is 0 Å². The molecular formula is C15H16N2O. The average molecular weight is 240 g/mol. The van der Waals surface area contributed by atoms with E-state index in [2.05, 4.69) is 34.6 Å². The highest BCUT2D eigenvalue weighted by Crippen LogP contribution is 2.33. The summed E-state index contributed by atoms with van der Waals surface area (Å²) in [6.07, 6.45) is 4.73. The predicted octanol–water partition coefficient (Wildman–Crippen LogP) is 3.12. The third-order valence-electron chi connectivity index (χ3n) is 3.20. The molecule has 92 valence electrons. The molecule has 0 fully saturated rings. The van der Waals surface area contributed by atoms with E-state index in [9.17, 15) is 0 Å². The molecule has 1 aliphatic rings. The van der Waals surface area contributed by atoms with Crippen molar-refractivity contribution in [2.75, 3.05) is 18.5 Å². The number of aromatic nitrogens is 1. The highest BCUT2D eigenvalue weighted by Gasteiger charge is 2.15. The van der Waals surface area contributed by atoms with Gasteiger partial charge in [-0.1, -0.05) is 12.1 Å². The van der Waals surface area contributed by atoms with Gasteiger partial charge in [-0.05, 0) is 36.6 Å². The van der Waals surface area contributed by atoms with E-state index in [1.54, 1.807) is 6.20 Å². The Morgan fingerprint density at radius 2 is 2.28 bits per heavy atom. The van der Waals surface area contributed by atoms with E-state index in [0.717, 1.165) is 24.3 Å². The second kappa shape index (κ2) is 4.69. The lowest BCUT2D eigenvalue weighted by Gasteiger charge is -2.09. The molecule has 1 N–H and O–H groups in total. The second-order valence-electron chi connectivity index (χ2n) is 4.35. The number of fused-ring (bicyclic) bond motifs is 1. The minimum Gasteiger partial charge on any atom is -0.492 e. The zero-order chi connectivity index (χ0) is 12.4. The van der Waals surface area contributed by atoms with Crippen molar-refractivity contribution >= 4 is 5.69 Å². The summed E-state index contributed by atoms with van der Waals surface area (Å²) in [7, 11) is 0. The molecule has 3 rings (SSSR count). The number of rotatable bonds is 3. The number of ether oxygens (including phenoxy) is 1. The lowest BCUT2D eigenvalue weighted by Crippen LogP contribution is -1.93. The first kappa shape index (κ1) is 11.1. The van der Waals surface area contributed by atoms with Crippen molar-refractivity contribution in [1.29, 1.82) is 0 Å². The van der Waals surface area contributed by atoms with Crippen LogP contribution >= 0.6 is 0 Å². The Hall–Kier alpha value is -2.03. The summed E-state index contributed by atoms with van der Waals surface area (Å²) in [4.78, 5) is 4.26. The second-order valence-corrected chi connectivity index (χ2v) is 4.35. The van der Waals surface area contributed by atoms with Crippen molar-refractivity contribution < 1.29 is 4.74 Å². The normalized spacial score (nSPS) is 12.9. The van der Waals surface area contributed by atoms with Crippen molar-refractivity contribution in [2.45, 2.75) is 13.3 Å². The maximum atomic E-state index is 5.51. The van der Waals surface area contributed by atoms with E-state index in [0.29, 0.717) is 6.61 Å². The minimum atomic E-state index is 0.666. The molecule has 1 aromatic heterocycles. The van der Waals surface area contributed by atoms with Crippen molar-refractivity contribution in [3.05, 3.63) is 42.2 Å². The fourth-order valence-corrected chi connectivity index (χ4v) is 2.43. The summed E-state index contributed by atoms with van der Waals surface area (Å²) in [6, 6.07) is 8.43. The Labute approximate surface area is 107 Å². The van der Waals surface area contributed by atoms with Crippen molar-refractivity contribution in [3.8, 4) is 16.9 Å². The van der Waals surface area contributed by atoms with Crippen LogP contribution in [0.3, 0.4) is 0 Å². The van der Waals surface area contributed by atoms with E-state index in [-0.39, 0.29) is 0 Å². The number of nitrogens with one attached hydrogen (secondary N) is 1. The van der Waals surface area contributed by atoms with E-state index in [1.807, 2.05) is 13.1 Å². The molecule has 3 heteroatoms. The Bertz CT molecular complexity index is 566. The largest absolute Gasteiger partial charge is 0.492 e. The molecule has 0 atom stereocenters. The van der Waals surface area contributed by atoms with Gasteiger partial charge in [0, 0.05) is 24.0 Å². The summed E-state index contributed by atoms with van der Waals surface area (Å²) < 4.78 is 5.51. The zero-order valence-electron chi connectivity index (χ0n) is 10.4. The van der Waals surface area contributed by atoms with Crippen molar-refractivity contribution in [3.63, 3.8) is 0 Å². The summed E-state index contributed by atoms with van der Waals surface area (Å²) in [5.74, 6) is 0.832. The molecule has 0 spiro atoms. The topological polar surface area (TPSA) is 34.1 Å². The smallest absolute Gasteiger partial charge is 0.138 e.